The Morgan fingerprint density at radius 2 is 2.05 bits per heavy atom. The van der Waals surface area contributed by atoms with E-state index in [0.717, 1.165) is 25.7 Å². The predicted octanol–water partition coefficient (Wildman–Crippen LogP) is 1.82. The van der Waals surface area contributed by atoms with Crippen LogP contribution in [-0.2, 0) is 4.79 Å². The van der Waals surface area contributed by atoms with Crippen molar-refractivity contribution in [2.45, 2.75) is 64.5 Å². The SMILES string of the molecule is CCCC(C)NC(=O)CN(CC(N)=S)C1CCCC1. The topological polar surface area (TPSA) is 58.4 Å². The molecule has 0 spiro atoms. The van der Waals surface area contributed by atoms with Gasteiger partial charge in [0.2, 0.25) is 5.91 Å². The average Bonchev–Trinajstić information content (AvgIpc) is 2.80. The molecule has 0 aromatic rings. The summed E-state index contributed by atoms with van der Waals surface area (Å²) in [6.07, 6.45) is 6.89. The lowest BCUT2D eigenvalue weighted by Crippen LogP contribution is -2.47. The van der Waals surface area contributed by atoms with Crippen molar-refractivity contribution in [1.82, 2.24) is 10.2 Å². The molecule has 5 heteroatoms. The van der Waals surface area contributed by atoms with Gasteiger partial charge in [-0.1, -0.05) is 38.4 Å². The van der Waals surface area contributed by atoms with Crippen LogP contribution < -0.4 is 11.1 Å². The summed E-state index contributed by atoms with van der Waals surface area (Å²) in [7, 11) is 0. The quantitative estimate of drug-likeness (QED) is 0.668. The van der Waals surface area contributed by atoms with Gasteiger partial charge >= 0.3 is 0 Å². The van der Waals surface area contributed by atoms with E-state index in [2.05, 4.69) is 24.1 Å². The zero-order valence-corrected chi connectivity index (χ0v) is 13.0. The fourth-order valence-corrected chi connectivity index (χ4v) is 2.96. The number of carbonyl (C=O) groups is 1. The van der Waals surface area contributed by atoms with Crippen molar-refractivity contribution in [2.75, 3.05) is 13.1 Å². The molecule has 0 radical (unpaired) electrons. The highest BCUT2D eigenvalue weighted by Crippen LogP contribution is 2.23. The van der Waals surface area contributed by atoms with Crippen LogP contribution in [0.2, 0.25) is 0 Å². The molecule has 0 heterocycles. The van der Waals surface area contributed by atoms with Crippen LogP contribution in [0, 0.1) is 0 Å². The lowest BCUT2D eigenvalue weighted by molar-refractivity contribution is -0.123. The van der Waals surface area contributed by atoms with Crippen LogP contribution in [0.4, 0.5) is 0 Å². The molecular formula is C14H27N3OS. The van der Waals surface area contributed by atoms with Gasteiger partial charge in [-0.3, -0.25) is 9.69 Å². The van der Waals surface area contributed by atoms with Gasteiger partial charge in [0.1, 0.15) is 0 Å². The monoisotopic (exact) mass is 285 g/mol. The first kappa shape index (κ1) is 16.4. The number of rotatable bonds is 8. The summed E-state index contributed by atoms with van der Waals surface area (Å²) in [5.41, 5.74) is 5.64. The van der Waals surface area contributed by atoms with E-state index in [0.29, 0.717) is 24.1 Å². The Balaban J connectivity index is 2.46. The van der Waals surface area contributed by atoms with Crippen LogP contribution in [0.1, 0.15) is 52.4 Å². The summed E-state index contributed by atoms with van der Waals surface area (Å²) < 4.78 is 0. The maximum atomic E-state index is 12.0. The molecule has 110 valence electrons. The standard InChI is InChI=1S/C14H27N3OS/c1-3-6-11(2)16-14(18)10-17(9-13(15)19)12-7-4-5-8-12/h11-12H,3-10H2,1-2H3,(H2,15,19)(H,16,18). The van der Waals surface area contributed by atoms with E-state index in [-0.39, 0.29) is 11.9 Å². The number of carbonyl (C=O) groups excluding carboxylic acids is 1. The van der Waals surface area contributed by atoms with Gasteiger partial charge in [-0.05, 0) is 26.2 Å². The fraction of sp³-hybridized carbons (Fsp3) is 0.857. The molecule has 1 saturated carbocycles. The van der Waals surface area contributed by atoms with Gasteiger partial charge in [-0.15, -0.1) is 0 Å². The van der Waals surface area contributed by atoms with Crippen molar-refractivity contribution >= 4 is 23.1 Å². The second kappa shape index (κ2) is 8.48. The molecule has 1 aliphatic rings. The molecule has 19 heavy (non-hydrogen) atoms. The van der Waals surface area contributed by atoms with Crippen LogP contribution in [0.25, 0.3) is 0 Å². The lowest BCUT2D eigenvalue weighted by Gasteiger charge is -2.28. The second-order valence-corrected chi connectivity index (χ2v) is 6.09. The van der Waals surface area contributed by atoms with Crippen molar-refractivity contribution < 1.29 is 4.79 Å². The molecule has 1 amide bonds. The summed E-state index contributed by atoms with van der Waals surface area (Å²) in [6, 6.07) is 0.710. The van der Waals surface area contributed by atoms with Crippen LogP contribution in [-0.4, -0.2) is 41.0 Å². The third kappa shape index (κ3) is 6.34. The molecule has 0 aromatic heterocycles. The number of hydrogen-bond donors (Lipinski definition) is 2. The van der Waals surface area contributed by atoms with Crippen molar-refractivity contribution in [3.8, 4) is 0 Å². The van der Waals surface area contributed by atoms with Crippen molar-refractivity contribution in [3.05, 3.63) is 0 Å². The first-order valence-electron chi connectivity index (χ1n) is 7.34. The van der Waals surface area contributed by atoms with E-state index in [1.54, 1.807) is 0 Å². The molecule has 3 N–H and O–H groups in total. The zero-order chi connectivity index (χ0) is 14.3. The Morgan fingerprint density at radius 3 is 2.58 bits per heavy atom. The van der Waals surface area contributed by atoms with Gasteiger partial charge in [0.05, 0.1) is 11.5 Å². The van der Waals surface area contributed by atoms with E-state index in [4.69, 9.17) is 18.0 Å². The third-order valence-corrected chi connectivity index (χ3v) is 3.80. The predicted molar refractivity (Wildman–Crippen MR) is 83.1 cm³/mol. The Bertz CT molecular complexity index is 303. The van der Waals surface area contributed by atoms with Crippen molar-refractivity contribution in [3.63, 3.8) is 0 Å². The Labute approximate surface area is 122 Å². The second-order valence-electron chi connectivity index (χ2n) is 5.57. The molecule has 0 bridgehead atoms. The van der Waals surface area contributed by atoms with Gasteiger partial charge in [-0.25, -0.2) is 0 Å². The van der Waals surface area contributed by atoms with Gasteiger partial charge in [-0.2, -0.15) is 0 Å². The number of nitrogens with zero attached hydrogens (tertiary/aromatic N) is 1. The van der Waals surface area contributed by atoms with Crippen molar-refractivity contribution in [2.24, 2.45) is 5.73 Å². The number of nitrogens with two attached hydrogens (primary N) is 1. The van der Waals surface area contributed by atoms with Gasteiger partial charge < -0.3 is 11.1 Å². The fourth-order valence-electron chi connectivity index (χ4n) is 2.79. The summed E-state index contributed by atoms with van der Waals surface area (Å²) in [6.45, 7) is 5.14. The molecule has 0 aliphatic heterocycles. The minimum atomic E-state index is 0.0871. The van der Waals surface area contributed by atoms with E-state index in [1.807, 2.05) is 0 Å². The number of amides is 1. The zero-order valence-electron chi connectivity index (χ0n) is 12.2. The van der Waals surface area contributed by atoms with Crippen LogP contribution >= 0.6 is 12.2 Å². The third-order valence-electron chi connectivity index (χ3n) is 3.68. The molecule has 4 nitrogen and oxygen atoms in total. The lowest BCUT2D eigenvalue weighted by atomic mass is 10.2. The minimum absolute atomic E-state index is 0.0871. The van der Waals surface area contributed by atoms with Gasteiger partial charge in [0.25, 0.3) is 0 Å². The first-order valence-corrected chi connectivity index (χ1v) is 7.75. The maximum Gasteiger partial charge on any atom is 0.234 e. The highest BCUT2D eigenvalue weighted by molar-refractivity contribution is 7.80. The van der Waals surface area contributed by atoms with Crippen LogP contribution in [0.3, 0.4) is 0 Å². The smallest absolute Gasteiger partial charge is 0.234 e. The Morgan fingerprint density at radius 1 is 1.42 bits per heavy atom. The summed E-state index contributed by atoms with van der Waals surface area (Å²) in [5.74, 6) is 0.0871. The first-order chi connectivity index (χ1) is 9.02. The summed E-state index contributed by atoms with van der Waals surface area (Å²) >= 11 is 4.99. The molecule has 0 saturated heterocycles. The van der Waals surface area contributed by atoms with Crippen LogP contribution in [0.15, 0.2) is 0 Å². The largest absolute Gasteiger partial charge is 0.392 e. The van der Waals surface area contributed by atoms with Crippen molar-refractivity contribution in [1.29, 1.82) is 0 Å². The minimum Gasteiger partial charge on any atom is -0.392 e. The van der Waals surface area contributed by atoms with Crippen LogP contribution in [0.5, 0.6) is 0 Å². The van der Waals surface area contributed by atoms with E-state index < -0.39 is 0 Å². The summed E-state index contributed by atoms with van der Waals surface area (Å²) in [5, 5.41) is 3.04. The van der Waals surface area contributed by atoms with E-state index in [9.17, 15) is 4.79 Å². The maximum absolute atomic E-state index is 12.0. The number of thiocarbonyl (C=S) groups is 1. The highest BCUT2D eigenvalue weighted by atomic mass is 32.1. The summed E-state index contributed by atoms with van der Waals surface area (Å²) in [4.78, 5) is 14.7. The molecule has 1 rings (SSSR count). The average molecular weight is 285 g/mol. The Kier molecular flexibility index (Phi) is 7.31. The van der Waals surface area contributed by atoms with E-state index >= 15 is 0 Å². The van der Waals surface area contributed by atoms with Gasteiger partial charge in [0.15, 0.2) is 0 Å². The molecule has 1 fully saturated rings. The molecule has 1 unspecified atom stereocenters. The Hall–Kier alpha value is -0.680. The normalized spacial score (nSPS) is 17.6. The number of nitrogens with one attached hydrogen (secondary N) is 1. The molecule has 1 aliphatic carbocycles. The highest BCUT2D eigenvalue weighted by Gasteiger charge is 2.24. The molecule has 1 atom stereocenters. The molecule has 0 aromatic carbocycles. The number of hydrogen-bond acceptors (Lipinski definition) is 3. The van der Waals surface area contributed by atoms with Gasteiger partial charge in [0, 0.05) is 18.6 Å². The molecular weight excluding hydrogens is 258 g/mol. The van der Waals surface area contributed by atoms with E-state index in [1.165, 1.54) is 12.8 Å².